The van der Waals surface area contributed by atoms with Crippen LogP contribution in [0.25, 0.3) is 0 Å². The molecule has 0 aromatic rings. The average molecular weight is 243 g/mol. The summed E-state index contributed by atoms with van der Waals surface area (Å²) in [5, 5.41) is 10.3. The van der Waals surface area contributed by atoms with Gasteiger partial charge >= 0.3 is 5.97 Å². The number of carbonyl (C=O) groups is 2. The van der Waals surface area contributed by atoms with E-state index in [0.717, 1.165) is 25.6 Å². The van der Waals surface area contributed by atoms with Gasteiger partial charge in [0.2, 0.25) is 0 Å². The van der Waals surface area contributed by atoms with Gasteiger partial charge < -0.3 is 19.1 Å². The van der Waals surface area contributed by atoms with Crippen LogP contribution in [0.3, 0.4) is 0 Å². The molecule has 17 heavy (non-hydrogen) atoms. The van der Waals surface area contributed by atoms with Crippen molar-refractivity contribution in [3.8, 4) is 0 Å². The smallest absolute Gasteiger partial charge is 0.330 e. The van der Waals surface area contributed by atoms with Crippen molar-refractivity contribution in [1.29, 1.82) is 0 Å². The second-order valence-electron chi connectivity index (χ2n) is 4.58. The lowest BCUT2D eigenvalue weighted by atomic mass is 10.2. The van der Waals surface area contributed by atoms with Crippen LogP contribution in [0, 0.1) is 0 Å². The average Bonchev–Trinajstić information content (AvgIpc) is 2.23. The summed E-state index contributed by atoms with van der Waals surface area (Å²) in [6.07, 6.45) is 2.58. The summed E-state index contributed by atoms with van der Waals surface area (Å²) in [7, 11) is 4.04. The third-order valence-electron chi connectivity index (χ3n) is 2.46. The van der Waals surface area contributed by atoms with E-state index in [4.69, 9.17) is 4.74 Å². The summed E-state index contributed by atoms with van der Waals surface area (Å²) < 4.78 is 5.57. The molecule has 0 radical (unpaired) electrons. The van der Waals surface area contributed by atoms with Crippen molar-refractivity contribution in [2.75, 3.05) is 33.8 Å². The molecule has 0 aliphatic heterocycles. The van der Waals surface area contributed by atoms with Gasteiger partial charge in [0, 0.05) is 24.9 Å². The summed E-state index contributed by atoms with van der Waals surface area (Å²) in [6, 6.07) is 0. The van der Waals surface area contributed by atoms with Gasteiger partial charge in [0.15, 0.2) is 0 Å². The van der Waals surface area contributed by atoms with Crippen LogP contribution in [0.15, 0.2) is 12.7 Å². The van der Waals surface area contributed by atoms with E-state index >= 15 is 0 Å². The molecule has 0 aliphatic rings. The Kier molecular flexibility index (Phi) is 7.21. The van der Waals surface area contributed by atoms with Gasteiger partial charge in [0.25, 0.3) is 0 Å². The van der Waals surface area contributed by atoms with Crippen LogP contribution in [-0.2, 0) is 14.3 Å². The highest BCUT2D eigenvalue weighted by molar-refractivity contribution is 5.81. The zero-order valence-electron chi connectivity index (χ0n) is 10.6. The van der Waals surface area contributed by atoms with Gasteiger partial charge in [0.05, 0.1) is 33.8 Å². The molecule has 5 nitrogen and oxygen atoms in total. The lowest BCUT2D eigenvalue weighted by Crippen LogP contribution is -2.42. The van der Waals surface area contributed by atoms with Crippen LogP contribution in [0.5, 0.6) is 0 Å². The molecule has 0 rings (SSSR count). The van der Waals surface area contributed by atoms with E-state index in [1.165, 1.54) is 0 Å². The van der Waals surface area contributed by atoms with Crippen molar-refractivity contribution in [2.45, 2.75) is 19.3 Å². The summed E-state index contributed by atoms with van der Waals surface area (Å²) in [5.74, 6) is -1.42. The second-order valence-corrected chi connectivity index (χ2v) is 4.58. The molecule has 0 atom stereocenters. The molecule has 5 heteroatoms. The molecule has 0 aromatic carbocycles. The van der Waals surface area contributed by atoms with Crippen molar-refractivity contribution < 1.29 is 23.9 Å². The van der Waals surface area contributed by atoms with Gasteiger partial charge in [-0.25, -0.2) is 4.79 Å². The maximum Gasteiger partial charge on any atom is 0.330 e. The SMILES string of the molecule is C=CC(=O)OCCC[N+](C)(C)CCCC(=O)[O-]. The number of hydrogen-bond donors (Lipinski definition) is 0. The van der Waals surface area contributed by atoms with E-state index in [1.54, 1.807) is 0 Å². The predicted molar refractivity (Wildman–Crippen MR) is 61.9 cm³/mol. The highest BCUT2D eigenvalue weighted by Crippen LogP contribution is 2.03. The van der Waals surface area contributed by atoms with E-state index in [1.807, 2.05) is 14.1 Å². The number of ether oxygens (including phenoxy) is 1. The first-order valence-electron chi connectivity index (χ1n) is 5.68. The van der Waals surface area contributed by atoms with Gasteiger partial charge in [-0.2, -0.15) is 0 Å². The summed E-state index contributed by atoms with van der Waals surface area (Å²) in [6.45, 7) is 5.27. The highest BCUT2D eigenvalue weighted by Gasteiger charge is 2.14. The lowest BCUT2D eigenvalue weighted by Gasteiger charge is -2.29. The minimum atomic E-state index is -1.01. The molecule has 0 unspecified atom stereocenters. The van der Waals surface area contributed by atoms with Crippen LogP contribution < -0.4 is 5.11 Å². The van der Waals surface area contributed by atoms with E-state index in [0.29, 0.717) is 17.5 Å². The molecule has 0 amide bonds. The number of esters is 1. The van der Waals surface area contributed by atoms with Crippen LogP contribution in [0.1, 0.15) is 19.3 Å². The van der Waals surface area contributed by atoms with Crippen LogP contribution in [0.2, 0.25) is 0 Å². The molecule has 98 valence electrons. The van der Waals surface area contributed by atoms with Gasteiger partial charge in [-0.1, -0.05) is 6.58 Å². The van der Waals surface area contributed by atoms with Crippen molar-refractivity contribution in [3.05, 3.63) is 12.7 Å². The zero-order valence-corrected chi connectivity index (χ0v) is 10.6. The first kappa shape index (κ1) is 15.6. The summed E-state index contributed by atoms with van der Waals surface area (Å²) >= 11 is 0. The number of nitrogens with zero attached hydrogens (tertiary/aromatic N) is 1. The Labute approximate surface area is 102 Å². The number of hydrogen-bond acceptors (Lipinski definition) is 4. The van der Waals surface area contributed by atoms with Crippen LogP contribution in [0.4, 0.5) is 0 Å². The standard InChI is InChI=1S/C12H21NO4/c1-4-12(16)17-10-6-9-13(2,3)8-5-7-11(14)15/h4H,1,5-10H2,2-3H3. The number of carbonyl (C=O) groups excluding carboxylic acids is 2. The van der Waals surface area contributed by atoms with Gasteiger partial charge in [-0.15, -0.1) is 0 Å². The van der Waals surface area contributed by atoms with Crippen molar-refractivity contribution >= 4 is 11.9 Å². The number of rotatable bonds is 9. The van der Waals surface area contributed by atoms with Crippen LogP contribution in [-0.4, -0.2) is 50.2 Å². The Balaban J connectivity index is 3.66. The molecule has 0 heterocycles. The van der Waals surface area contributed by atoms with Crippen molar-refractivity contribution in [3.63, 3.8) is 0 Å². The van der Waals surface area contributed by atoms with Gasteiger partial charge in [0.1, 0.15) is 0 Å². The fourth-order valence-corrected chi connectivity index (χ4v) is 1.49. The summed E-state index contributed by atoms with van der Waals surface area (Å²) in [4.78, 5) is 21.0. The van der Waals surface area contributed by atoms with Gasteiger partial charge in [-0.3, -0.25) is 0 Å². The molecule has 0 spiro atoms. The van der Waals surface area contributed by atoms with E-state index in [9.17, 15) is 14.7 Å². The quantitative estimate of drug-likeness (QED) is 0.242. The Hall–Kier alpha value is -1.36. The summed E-state index contributed by atoms with van der Waals surface area (Å²) in [5.41, 5.74) is 0. The van der Waals surface area contributed by atoms with E-state index in [2.05, 4.69) is 6.58 Å². The molecule has 0 saturated heterocycles. The topological polar surface area (TPSA) is 66.4 Å². The Morgan fingerprint density at radius 1 is 1.29 bits per heavy atom. The van der Waals surface area contributed by atoms with Crippen molar-refractivity contribution in [2.24, 2.45) is 0 Å². The number of aliphatic carboxylic acids is 1. The molecular weight excluding hydrogens is 222 g/mol. The highest BCUT2D eigenvalue weighted by atomic mass is 16.5. The number of quaternary nitrogens is 1. The molecule has 0 aromatic heterocycles. The monoisotopic (exact) mass is 243 g/mol. The predicted octanol–water partition coefficient (Wildman–Crippen LogP) is -0.288. The second kappa shape index (κ2) is 7.84. The molecule has 0 bridgehead atoms. The van der Waals surface area contributed by atoms with Gasteiger partial charge in [-0.05, 0) is 6.42 Å². The fourth-order valence-electron chi connectivity index (χ4n) is 1.49. The first-order valence-corrected chi connectivity index (χ1v) is 5.68. The normalized spacial score (nSPS) is 10.9. The number of carboxylic acids is 1. The van der Waals surface area contributed by atoms with Crippen LogP contribution >= 0.6 is 0 Å². The third-order valence-corrected chi connectivity index (χ3v) is 2.46. The lowest BCUT2D eigenvalue weighted by molar-refractivity contribution is -0.890. The molecule has 0 N–H and O–H groups in total. The minimum Gasteiger partial charge on any atom is -0.550 e. The molecule has 0 saturated carbocycles. The molecule has 0 aliphatic carbocycles. The van der Waals surface area contributed by atoms with E-state index < -0.39 is 11.9 Å². The van der Waals surface area contributed by atoms with E-state index in [-0.39, 0.29) is 6.42 Å². The molecular formula is C12H21NO4. The fraction of sp³-hybridized carbons (Fsp3) is 0.667. The van der Waals surface area contributed by atoms with Crippen molar-refractivity contribution in [1.82, 2.24) is 0 Å². The molecule has 0 fully saturated rings. The Morgan fingerprint density at radius 3 is 2.41 bits per heavy atom. The maximum atomic E-state index is 10.8. The zero-order chi connectivity index (χ0) is 13.3. The number of carboxylic acid groups (broad SMARTS) is 1. The third kappa shape index (κ3) is 9.56. The largest absolute Gasteiger partial charge is 0.550 e. The Bertz CT molecular complexity index is 274. The Morgan fingerprint density at radius 2 is 1.88 bits per heavy atom. The maximum absolute atomic E-state index is 10.8. The minimum absolute atomic E-state index is 0.0904. The first-order chi connectivity index (χ1) is 7.87.